The van der Waals surface area contributed by atoms with Crippen molar-refractivity contribution in [2.75, 3.05) is 13.7 Å². The van der Waals surface area contributed by atoms with E-state index in [9.17, 15) is 9.59 Å². The lowest BCUT2D eigenvalue weighted by molar-refractivity contribution is -0.121. The van der Waals surface area contributed by atoms with Crippen molar-refractivity contribution in [2.24, 2.45) is 0 Å². The van der Waals surface area contributed by atoms with Gasteiger partial charge in [0, 0.05) is 12.1 Å². The summed E-state index contributed by atoms with van der Waals surface area (Å²) in [7, 11) is 1.40. The maximum absolute atomic E-state index is 11.2. The maximum atomic E-state index is 11.2. The first-order valence-corrected chi connectivity index (χ1v) is 5.38. The standard InChI is InChI=1S/C10H10Cl2N2O3/c1-13-10(16)14-9(15)5-17-8-3-2-6(11)4-7(8)12/h2-4H,5H2,1H3,(H2,13,14,15,16). The van der Waals surface area contributed by atoms with Crippen LogP contribution in [0.2, 0.25) is 10.0 Å². The minimum absolute atomic E-state index is 0.297. The van der Waals surface area contributed by atoms with Crippen LogP contribution < -0.4 is 15.4 Å². The first-order valence-electron chi connectivity index (χ1n) is 4.62. The summed E-state index contributed by atoms with van der Waals surface area (Å²) in [6, 6.07) is 4.02. The van der Waals surface area contributed by atoms with Crippen LogP contribution >= 0.6 is 23.2 Å². The van der Waals surface area contributed by atoms with Gasteiger partial charge in [-0.05, 0) is 18.2 Å². The molecule has 0 unspecified atom stereocenters. The fourth-order valence-corrected chi connectivity index (χ4v) is 1.42. The maximum Gasteiger partial charge on any atom is 0.321 e. The summed E-state index contributed by atoms with van der Waals surface area (Å²) in [6.07, 6.45) is 0. The van der Waals surface area contributed by atoms with Crippen molar-refractivity contribution >= 4 is 35.1 Å². The van der Waals surface area contributed by atoms with Gasteiger partial charge in [0.05, 0.1) is 5.02 Å². The number of hydrogen-bond donors (Lipinski definition) is 2. The van der Waals surface area contributed by atoms with Crippen molar-refractivity contribution in [2.45, 2.75) is 0 Å². The molecule has 0 aliphatic rings. The normalized spacial score (nSPS) is 9.59. The summed E-state index contributed by atoms with van der Waals surface area (Å²) >= 11 is 11.5. The Hall–Kier alpha value is -1.46. The Morgan fingerprint density at radius 2 is 2.06 bits per heavy atom. The molecule has 0 heterocycles. The lowest BCUT2D eigenvalue weighted by Gasteiger charge is -2.07. The predicted molar refractivity (Wildman–Crippen MR) is 64.6 cm³/mol. The quantitative estimate of drug-likeness (QED) is 0.885. The molecule has 1 aromatic carbocycles. The van der Waals surface area contributed by atoms with Gasteiger partial charge >= 0.3 is 6.03 Å². The third kappa shape index (κ3) is 4.50. The number of ether oxygens (including phenoxy) is 1. The monoisotopic (exact) mass is 276 g/mol. The van der Waals surface area contributed by atoms with Crippen LogP contribution in [0.15, 0.2) is 18.2 Å². The van der Waals surface area contributed by atoms with Crippen LogP contribution in [0.4, 0.5) is 4.79 Å². The zero-order valence-corrected chi connectivity index (χ0v) is 10.4. The molecule has 0 radical (unpaired) electrons. The zero-order chi connectivity index (χ0) is 12.8. The second-order valence-electron chi connectivity index (χ2n) is 2.99. The number of nitrogens with one attached hydrogen (secondary N) is 2. The average Bonchev–Trinajstić information content (AvgIpc) is 2.27. The molecule has 7 heteroatoms. The molecule has 3 amide bonds. The summed E-state index contributed by atoms with van der Waals surface area (Å²) in [5.74, 6) is -0.251. The van der Waals surface area contributed by atoms with E-state index in [1.54, 1.807) is 6.07 Å². The third-order valence-electron chi connectivity index (χ3n) is 1.73. The Labute approximate surface area is 108 Å². The number of urea groups is 1. The van der Waals surface area contributed by atoms with Gasteiger partial charge in [0.1, 0.15) is 5.75 Å². The van der Waals surface area contributed by atoms with Crippen LogP contribution in [0.25, 0.3) is 0 Å². The van der Waals surface area contributed by atoms with Crippen LogP contribution in [-0.4, -0.2) is 25.6 Å². The minimum Gasteiger partial charge on any atom is -0.482 e. The van der Waals surface area contributed by atoms with Crippen molar-refractivity contribution in [3.05, 3.63) is 28.2 Å². The minimum atomic E-state index is -0.596. The molecule has 5 nitrogen and oxygen atoms in total. The number of carbonyl (C=O) groups excluding carboxylic acids is 2. The van der Waals surface area contributed by atoms with E-state index in [0.717, 1.165) is 0 Å². The first kappa shape index (κ1) is 13.6. The molecule has 1 rings (SSSR count). The molecule has 0 saturated carbocycles. The first-order chi connectivity index (χ1) is 8.02. The number of amides is 3. The van der Waals surface area contributed by atoms with E-state index >= 15 is 0 Å². The molecule has 0 saturated heterocycles. The van der Waals surface area contributed by atoms with Crippen molar-refractivity contribution in [1.29, 1.82) is 0 Å². The van der Waals surface area contributed by atoms with Gasteiger partial charge in [-0.3, -0.25) is 10.1 Å². The van der Waals surface area contributed by atoms with Crippen LogP contribution in [-0.2, 0) is 4.79 Å². The molecular weight excluding hydrogens is 267 g/mol. The fourth-order valence-electron chi connectivity index (χ4n) is 0.961. The summed E-state index contributed by atoms with van der Waals surface area (Å²) in [5.41, 5.74) is 0. The van der Waals surface area contributed by atoms with Gasteiger partial charge in [-0.2, -0.15) is 0 Å². The molecule has 17 heavy (non-hydrogen) atoms. The van der Waals surface area contributed by atoms with Gasteiger partial charge in [-0.25, -0.2) is 4.79 Å². The van der Waals surface area contributed by atoms with Crippen LogP contribution in [0.3, 0.4) is 0 Å². The van der Waals surface area contributed by atoms with E-state index < -0.39 is 11.9 Å². The van der Waals surface area contributed by atoms with E-state index in [0.29, 0.717) is 15.8 Å². The van der Waals surface area contributed by atoms with Gasteiger partial charge in [-0.15, -0.1) is 0 Å². The molecular formula is C10H10Cl2N2O3. The molecule has 0 aromatic heterocycles. The molecule has 0 aliphatic carbocycles. The predicted octanol–water partition coefficient (Wildman–Crippen LogP) is 1.83. The number of carbonyl (C=O) groups is 2. The van der Waals surface area contributed by atoms with E-state index in [1.165, 1.54) is 19.2 Å². The lowest BCUT2D eigenvalue weighted by Crippen LogP contribution is -2.39. The SMILES string of the molecule is CNC(=O)NC(=O)COc1ccc(Cl)cc1Cl. The van der Waals surface area contributed by atoms with Gasteiger partial charge in [-0.1, -0.05) is 23.2 Å². The molecule has 0 spiro atoms. The molecule has 0 aliphatic heterocycles. The number of rotatable bonds is 3. The Bertz CT molecular complexity index is 438. The molecule has 0 fully saturated rings. The van der Waals surface area contributed by atoms with Gasteiger partial charge in [0.25, 0.3) is 5.91 Å². The number of hydrogen-bond acceptors (Lipinski definition) is 3. The number of benzene rings is 1. The average molecular weight is 277 g/mol. The van der Waals surface area contributed by atoms with Crippen LogP contribution in [0.1, 0.15) is 0 Å². The van der Waals surface area contributed by atoms with E-state index in [4.69, 9.17) is 27.9 Å². The lowest BCUT2D eigenvalue weighted by atomic mass is 10.3. The van der Waals surface area contributed by atoms with Crippen molar-refractivity contribution in [3.63, 3.8) is 0 Å². The van der Waals surface area contributed by atoms with Crippen molar-refractivity contribution in [1.82, 2.24) is 10.6 Å². The van der Waals surface area contributed by atoms with Gasteiger partial charge in [0.15, 0.2) is 6.61 Å². The van der Waals surface area contributed by atoms with Crippen molar-refractivity contribution < 1.29 is 14.3 Å². The topological polar surface area (TPSA) is 67.4 Å². The summed E-state index contributed by atoms with van der Waals surface area (Å²) in [5, 5.41) is 5.06. The van der Waals surface area contributed by atoms with Gasteiger partial charge < -0.3 is 10.1 Å². The second kappa shape index (κ2) is 6.32. The molecule has 0 bridgehead atoms. The Morgan fingerprint density at radius 3 is 2.65 bits per heavy atom. The zero-order valence-electron chi connectivity index (χ0n) is 8.92. The largest absolute Gasteiger partial charge is 0.482 e. The van der Waals surface area contributed by atoms with E-state index in [-0.39, 0.29) is 6.61 Å². The van der Waals surface area contributed by atoms with Crippen LogP contribution in [0, 0.1) is 0 Å². The number of halogens is 2. The van der Waals surface area contributed by atoms with Crippen molar-refractivity contribution in [3.8, 4) is 5.75 Å². The highest BCUT2D eigenvalue weighted by Gasteiger charge is 2.08. The third-order valence-corrected chi connectivity index (χ3v) is 2.26. The van der Waals surface area contributed by atoms with Crippen LogP contribution in [0.5, 0.6) is 5.75 Å². The molecule has 0 atom stereocenters. The number of imide groups is 1. The Morgan fingerprint density at radius 1 is 1.35 bits per heavy atom. The second-order valence-corrected chi connectivity index (χ2v) is 3.83. The van der Waals surface area contributed by atoms with E-state index in [1.807, 2.05) is 5.32 Å². The highest BCUT2D eigenvalue weighted by molar-refractivity contribution is 6.35. The highest BCUT2D eigenvalue weighted by atomic mass is 35.5. The van der Waals surface area contributed by atoms with E-state index in [2.05, 4.69) is 5.32 Å². The molecule has 1 aromatic rings. The summed E-state index contributed by atoms with van der Waals surface area (Å²) in [6.45, 7) is -0.311. The van der Waals surface area contributed by atoms with Gasteiger partial charge in [0.2, 0.25) is 0 Å². The molecule has 2 N–H and O–H groups in total. The summed E-state index contributed by atoms with van der Waals surface area (Å²) in [4.78, 5) is 22.0. The fraction of sp³-hybridized carbons (Fsp3) is 0.200. The Kier molecular flexibility index (Phi) is 5.06. The smallest absolute Gasteiger partial charge is 0.321 e. The summed E-state index contributed by atoms with van der Waals surface area (Å²) < 4.78 is 5.12. The Balaban J connectivity index is 2.50. The highest BCUT2D eigenvalue weighted by Crippen LogP contribution is 2.27. The molecule has 92 valence electrons.